The van der Waals surface area contributed by atoms with Crippen LogP contribution in [0.15, 0.2) is 48.0 Å². The first-order valence-corrected chi connectivity index (χ1v) is 8.84. The first-order chi connectivity index (χ1) is 12.0. The van der Waals surface area contributed by atoms with Crippen molar-refractivity contribution in [1.82, 2.24) is 15.3 Å². The lowest BCUT2D eigenvalue weighted by Gasteiger charge is -2.15. The molecule has 0 unspecified atom stereocenters. The molecule has 6 heteroatoms. The van der Waals surface area contributed by atoms with Crippen LogP contribution in [0.4, 0.5) is 5.82 Å². The summed E-state index contributed by atoms with van der Waals surface area (Å²) in [5.74, 6) is 0.671. The molecule has 0 aliphatic carbocycles. The van der Waals surface area contributed by atoms with Crippen molar-refractivity contribution in [2.75, 3.05) is 19.0 Å². The summed E-state index contributed by atoms with van der Waals surface area (Å²) >= 11 is 1.47. The molecule has 0 aliphatic heterocycles. The number of rotatable bonds is 5. The van der Waals surface area contributed by atoms with Gasteiger partial charge in [-0.2, -0.15) is 0 Å². The molecule has 1 amide bonds. The van der Waals surface area contributed by atoms with Crippen molar-refractivity contribution in [3.63, 3.8) is 0 Å². The fourth-order valence-electron chi connectivity index (χ4n) is 2.44. The number of carbonyl (C=O) groups is 1. The standard InChI is InChI=1S/C19H20N4OS/c1-13-6-8-14(9-7-13)19-22-16(12-25-19)18(24)21-11-15-5-4-10-20-17(15)23(2)3/h4-10,12H,11H2,1-3H3,(H,21,24). The van der Waals surface area contributed by atoms with E-state index in [1.807, 2.05) is 62.3 Å². The maximum absolute atomic E-state index is 12.4. The van der Waals surface area contributed by atoms with Gasteiger partial charge in [-0.05, 0) is 13.0 Å². The molecule has 3 rings (SSSR count). The Labute approximate surface area is 151 Å². The van der Waals surface area contributed by atoms with Crippen molar-refractivity contribution in [3.8, 4) is 10.6 Å². The smallest absolute Gasteiger partial charge is 0.271 e. The van der Waals surface area contributed by atoms with E-state index in [0.29, 0.717) is 12.2 Å². The zero-order chi connectivity index (χ0) is 17.8. The summed E-state index contributed by atoms with van der Waals surface area (Å²) in [6, 6.07) is 12.0. The lowest BCUT2D eigenvalue weighted by atomic mass is 10.2. The number of nitrogens with one attached hydrogen (secondary N) is 1. The maximum Gasteiger partial charge on any atom is 0.271 e. The number of hydrogen-bond donors (Lipinski definition) is 1. The van der Waals surface area contributed by atoms with E-state index in [1.165, 1.54) is 16.9 Å². The summed E-state index contributed by atoms with van der Waals surface area (Å²) in [6.45, 7) is 2.46. The van der Waals surface area contributed by atoms with Gasteiger partial charge in [0.1, 0.15) is 16.5 Å². The molecule has 2 aromatic heterocycles. The second-order valence-electron chi connectivity index (χ2n) is 5.97. The summed E-state index contributed by atoms with van der Waals surface area (Å²) in [6.07, 6.45) is 1.74. The molecule has 1 aromatic carbocycles. The van der Waals surface area contributed by atoms with Gasteiger partial charge in [-0.1, -0.05) is 35.9 Å². The Bertz CT molecular complexity index is 871. The second kappa shape index (κ2) is 7.44. The Morgan fingerprint density at radius 1 is 1.20 bits per heavy atom. The Balaban J connectivity index is 1.69. The van der Waals surface area contributed by atoms with Gasteiger partial charge < -0.3 is 10.2 Å². The topological polar surface area (TPSA) is 58.1 Å². The number of amides is 1. The number of anilines is 1. The predicted molar refractivity (Wildman–Crippen MR) is 102 cm³/mol. The van der Waals surface area contributed by atoms with Crippen molar-refractivity contribution in [1.29, 1.82) is 0 Å². The molecule has 2 heterocycles. The number of aromatic nitrogens is 2. The zero-order valence-electron chi connectivity index (χ0n) is 14.5. The van der Waals surface area contributed by atoms with Crippen LogP contribution in [0, 0.1) is 6.92 Å². The van der Waals surface area contributed by atoms with Gasteiger partial charge in [0.15, 0.2) is 0 Å². The van der Waals surface area contributed by atoms with Gasteiger partial charge >= 0.3 is 0 Å². The van der Waals surface area contributed by atoms with Crippen LogP contribution in [0.1, 0.15) is 21.6 Å². The molecule has 0 spiro atoms. The average Bonchev–Trinajstić information content (AvgIpc) is 3.10. The molecule has 0 radical (unpaired) electrons. The van der Waals surface area contributed by atoms with E-state index in [9.17, 15) is 4.79 Å². The Hall–Kier alpha value is -2.73. The molecule has 0 saturated heterocycles. The van der Waals surface area contributed by atoms with Gasteiger partial charge in [-0.3, -0.25) is 4.79 Å². The van der Waals surface area contributed by atoms with Gasteiger partial charge in [0, 0.05) is 43.3 Å². The van der Waals surface area contributed by atoms with Crippen LogP contribution >= 0.6 is 11.3 Å². The lowest BCUT2D eigenvalue weighted by Crippen LogP contribution is -2.24. The van der Waals surface area contributed by atoms with Gasteiger partial charge in [0.25, 0.3) is 5.91 Å². The number of carbonyl (C=O) groups excluding carboxylic acids is 1. The van der Waals surface area contributed by atoms with Crippen molar-refractivity contribution >= 4 is 23.1 Å². The summed E-state index contributed by atoms with van der Waals surface area (Å²) in [7, 11) is 3.86. The molecule has 128 valence electrons. The number of nitrogens with zero attached hydrogens (tertiary/aromatic N) is 3. The normalized spacial score (nSPS) is 10.5. The van der Waals surface area contributed by atoms with Crippen LogP contribution in [-0.2, 0) is 6.54 Å². The SMILES string of the molecule is Cc1ccc(-c2nc(C(=O)NCc3cccnc3N(C)C)cs2)cc1. The minimum atomic E-state index is -0.178. The molecule has 0 bridgehead atoms. The molecule has 3 aromatic rings. The third-order valence-electron chi connectivity index (χ3n) is 3.77. The van der Waals surface area contributed by atoms with Gasteiger partial charge in [0.05, 0.1) is 0 Å². The van der Waals surface area contributed by atoms with Crippen LogP contribution < -0.4 is 10.2 Å². The van der Waals surface area contributed by atoms with Crippen LogP contribution in [0.25, 0.3) is 10.6 Å². The third-order valence-corrected chi connectivity index (χ3v) is 4.66. The largest absolute Gasteiger partial charge is 0.362 e. The highest BCUT2D eigenvalue weighted by atomic mass is 32.1. The summed E-state index contributed by atoms with van der Waals surface area (Å²) in [4.78, 5) is 23.1. The van der Waals surface area contributed by atoms with Gasteiger partial charge in [0.2, 0.25) is 0 Å². The van der Waals surface area contributed by atoms with E-state index in [1.54, 1.807) is 11.6 Å². The second-order valence-corrected chi connectivity index (χ2v) is 6.83. The molecule has 0 saturated carbocycles. The monoisotopic (exact) mass is 352 g/mol. The lowest BCUT2D eigenvalue weighted by molar-refractivity contribution is 0.0946. The van der Waals surface area contributed by atoms with Crippen LogP contribution in [0.3, 0.4) is 0 Å². The zero-order valence-corrected chi connectivity index (χ0v) is 15.3. The minimum Gasteiger partial charge on any atom is -0.362 e. The van der Waals surface area contributed by atoms with Crippen molar-refractivity contribution in [3.05, 3.63) is 64.8 Å². The first kappa shape index (κ1) is 17.1. The molecule has 5 nitrogen and oxygen atoms in total. The van der Waals surface area contributed by atoms with Crippen LogP contribution in [-0.4, -0.2) is 30.0 Å². The van der Waals surface area contributed by atoms with Crippen LogP contribution in [0.5, 0.6) is 0 Å². The summed E-state index contributed by atoms with van der Waals surface area (Å²) in [5, 5.41) is 5.56. The highest BCUT2D eigenvalue weighted by molar-refractivity contribution is 7.13. The summed E-state index contributed by atoms with van der Waals surface area (Å²) in [5.41, 5.74) is 3.63. The van der Waals surface area contributed by atoms with Crippen LogP contribution in [0.2, 0.25) is 0 Å². The Morgan fingerprint density at radius 3 is 2.68 bits per heavy atom. The van der Waals surface area contributed by atoms with E-state index in [2.05, 4.69) is 15.3 Å². The van der Waals surface area contributed by atoms with Crippen molar-refractivity contribution in [2.24, 2.45) is 0 Å². The minimum absolute atomic E-state index is 0.178. The van der Waals surface area contributed by atoms with Crippen molar-refractivity contribution < 1.29 is 4.79 Å². The van der Waals surface area contributed by atoms with Gasteiger partial charge in [-0.15, -0.1) is 11.3 Å². The summed E-state index contributed by atoms with van der Waals surface area (Å²) < 4.78 is 0. The molecular weight excluding hydrogens is 332 g/mol. The molecular formula is C19H20N4OS. The van der Waals surface area contributed by atoms with Gasteiger partial charge in [-0.25, -0.2) is 9.97 Å². The average molecular weight is 352 g/mol. The number of thiazole rings is 1. The number of aryl methyl sites for hydroxylation is 1. The quantitative estimate of drug-likeness (QED) is 0.763. The fraction of sp³-hybridized carbons (Fsp3) is 0.211. The predicted octanol–water partition coefficient (Wildman–Crippen LogP) is 3.51. The number of benzene rings is 1. The number of pyridine rings is 1. The van der Waals surface area contributed by atoms with E-state index >= 15 is 0 Å². The first-order valence-electron chi connectivity index (χ1n) is 7.96. The molecule has 1 N–H and O–H groups in total. The molecule has 0 fully saturated rings. The Kier molecular flexibility index (Phi) is 5.09. The molecule has 0 aliphatic rings. The highest BCUT2D eigenvalue weighted by Crippen LogP contribution is 2.24. The number of hydrogen-bond acceptors (Lipinski definition) is 5. The van der Waals surface area contributed by atoms with E-state index in [4.69, 9.17) is 0 Å². The highest BCUT2D eigenvalue weighted by Gasteiger charge is 2.13. The van der Waals surface area contributed by atoms with E-state index in [-0.39, 0.29) is 5.91 Å². The third kappa shape index (κ3) is 4.03. The fourth-order valence-corrected chi connectivity index (χ4v) is 3.25. The van der Waals surface area contributed by atoms with Crippen molar-refractivity contribution in [2.45, 2.75) is 13.5 Å². The molecule has 0 atom stereocenters. The van der Waals surface area contributed by atoms with E-state index in [0.717, 1.165) is 22.0 Å². The molecule has 25 heavy (non-hydrogen) atoms. The maximum atomic E-state index is 12.4. The Morgan fingerprint density at radius 2 is 1.96 bits per heavy atom. The van der Waals surface area contributed by atoms with E-state index < -0.39 is 0 Å².